The Kier molecular flexibility index (Phi) is 4.51. The van der Waals surface area contributed by atoms with Gasteiger partial charge in [-0.1, -0.05) is 31.0 Å². The van der Waals surface area contributed by atoms with E-state index < -0.39 is 0 Å². The zero-order valence-electron chi connectivity index (χ0n) is 14.7. The first-order valence-electron chi connectivity index (χ1n) is 9.71. The van der Waals surface area contributed by atoms with Gasteiger partial charge in [-0.05, 0) is 56.1 Å². The molecule has 0 radical (unpaired) electrons. The molecule has 0 bridgehead atoms. The van der Waals surface area contributed by atoms with Crippen LogP contribution in [0, 0.1) is 30.6 Å². The molecule has 3 fully saturated rings. The number of carbonyl (C=O) groups is 1. The maximum Gasteiger partial charge on any atom is 0.226 e. The summed E-state index contributed by atoms with van der Waals surface area (Å²) in [6.45, 7) is 4.66. The Hall–Kier alpha value is -1.51. The van der Waals surface area contributed by atoms with Gasteiger partial charge in [-0.2, -0.15) is 0 Å². The molecule has 2 saturated carbocycles. The van der Waals surface area contributed by atoms with Crippen LogP contribution in [-0.2, 0) is 4.79 Å². The molecule has 130 valence electrons. The summed E-state index contributed by atoms with van der Waals surface area (Å²) in [5.41, 5.74) is 1.18. The fourth-order valence-electron chi connectivity index (χ4n) is 4.90. The fraction of sp³-hybridized carbons (Fsp3) is 0.667. The molecule has 0 N–H and O–H groups in total. The van der Waals surface area contributed by atoms with Gasteiger partial charge >= 0.3 is 0 Å². The minimum Gasteiger partial charge on any atom is -0.493 e. The van der Waals surface area contributed by atoms with E-state index in [2.05, 4.69) is 17.9 Å². The van der Waals surface area contributed by atoms with Crippen molar-refractivity contribution in [3.8, 4) is 5.75 Å². The molecule has 0 spiro atoms. The lowest BCUT2D eigenvalue weighted by Crippen LogP contribution is -2.42. The van der Waals surface area contributed by atoms with Crippen LogP contribution in [0.4, 0.5) is 0 Å². The van der Waals surface area contributed by atoms with Gasteiger partial charge in [0.05, 0.1) is 6.61 Å². The number of amides is 1. The van der Waals surface area contributed by atoms with E-state index in [1.165, 1.54) is 37.7 Å². The molecule has 2 aliphatic carbocycles. The minimum absolute atomic E-state index is 0.364. The average Bonchev–Trinajstić information content (AvgIpc) is 3.35. The van der Waals surface area contributed by atoms with Crippen LogP contribution < -0.4 is 4.74 Å². The molecule has 0 aromatic heterocycles. The molecule has 1 aromatic rings. The number of nitrogens with zero attached hydrogens (tertiary/aromatic N) is 1. The minimum atomic E-state index is 0.364. The number of aryl methyl sites for hydroxylation is 1. The second-order valence-electron chi connectivity index (χ2n) is 8.01. The summed E-state index contributed by atoms with van der Waals surface area (Å²) in [7, 11) is 0. The van der Waals surface area contributed by atoms with Crippen LogP contribution in [0.1, 0.15) is 44.1 Å². The van der Waals surface area contributed by atoms with Crippen LogP contribution >= 0.6 is 0 Å². The highest BCUT2D eigenvalue weighted by Gasteiger charge is 2.55. The largest absolute Gasteiger partial charge is 0.493 e. The molecule has 24 heavy (non-hydrogen) atoms. The number of hydrogen-bond donors (Lipinski definition) is 0. The van der Waals surface area contributed by atoms with Crippen molar-refractivity contribution >= 4 is 5.91 Å². The highest BCUT2D eigenvalue weighted by atomic mass is 16.5. The molecule has 1 aliphatic heterocycles. The van der Waals surface area contributed by atoms with Gasteiger partial charge < -0.3 is 9.64 Å². The van der Waals surface area contributed by atoms with Crippen molar-refractivity contribution in [2.75, 3.05) is 19.7 Å². The van der Waals surface area contributed by atoms with E-state index in [-0.39, 0.29) is 0 Å². The third-order valence-electron chi connectivity index (χ3n) is 6.34. The number of benzene rings is 1. The second kappa shape index (κ2) is 6.78. The standard InChI is InChI=1S/C21H29NO2/c1-15-7-2-5-11-19(15)24-14-16-8-6-12-22(13-16)21(23)20-17-9-3-4-10-18(17)20/h2,5,7,11,16-18,20H,3-4,6,8-10,12-14H2,1H3/t16-,17-,18+,20?/m1/s1. The lowest BCUT2D eigenvalue weighted by Gasteiger charge is -2.33. The van der Waals surface area contributed by atoms with Crippen molar-refractivity contribution in [3.63, 3.8) is 0 Å². The molecule has 1 heterocycles. The van der Waals surface area contributed by atoms with E-state index in [1.54, 1.807) is 0 Å². The predicted molar refractivity (Wildman–Crippen MR) is 94.9 cm³/mol. The van der Waals surface area contributed by atoms with Crippen molar-refractivity contribution in [1.29, 1.82) is 0 Å². The van der Waals surface area contributed by atoms with Crippen LogP contribution in [0.5, 0.6) is 5.75 Å². The Morgan fingerprint density at radius 1 is 1.12 bits per heavy atom. The molecule has 1 unspecified atom stereocenters. The van der Waals surface area contributed by atoms with Crippen LogP contribution in [-0.4, -0.2) is 30.5 Å². The van der Waals surface area contributed by atoms with Gasteiger partial charge in [0.1, 0.15) is 5.75 Å². The van der Waals surface area contributed by atoms with Crippen LogP contribution in [0.3, 0.4) is 0 Å². The van der Waals surface area contributed by atoms with E-state index in [9.17, 15) is 4.79 Å². The number of carbonyl (C=O) groups excluding carboxylic acids is 1. The van der Waals surface area contributed by atoms with Crippen LogP contribution in [0.25, 0.3) is 0 Å². The fourth-order valence-corrected chi connectivity index (χ4v) is 4.90. The van der Waals surface area contributed by atoms with Crippen molar-refractivity contribution in [3.05, 3.63) is 29.8 Å². The van der Waals surface area contributed by atoms with E-state index in [1.807, 2.05) is 18.2 Å². The highest BCUT2D eigenvalue weighted by Crippen LogP contribution is 2.56. The number of piperidine rings is 1. The van der Waals surface area contributed by atoms with Gasteiger partial charge in [0.25, 0.3) is 0 Å². The molecule has 4 rings (SSSR count). The van der Waals surface area contributed by atoms with Crippen molar-refractivity contribution in [2.45, 2.75) is 45.4 Å². The third-order valence-corrected chi connectivity index (χ3v) is 6.34. The van der Waals surface area contributed by atoms with Gasteiger partial charge in [0.2, 0.25) is 5.91 Å². The first-order valence-corrected chi connectivity index (χ1v) is 9.71. The molecular formula is C21H29NO2. The van der Waals surface area contributed by atoms with Crippen molar-refractivity contribution in [1.82, 2.24) is 4.90 Å². The van der Waals surface area contributed by atoms with Gasteiger partial charge in [0.15, 0.2) is 0 Å². The lowest BCUT2D eigenvalue weighted by atomic mass is 9.98. The normalized spacial score (nSPS) is 32.1. The second-order valence-corrected chi connectivity index (χ2v) is 8.01. The maximum atomic E-state index is 12.9. The summed E-state index contributed by atoms with van der Waals surface area (Å²) >= 11 is 0. The number of para-hydroxylation sites is 1. The Bertz CT molecular complexity index is 587. The maximum absolute atomic E-state index is 12.9. The Labute approximate surface area is 145 Å². The van der Waals surface area contributed by atoms with Gasteiger partial charge in [-0.15, -0.1) is 0 Å². The first kappa shape index (κ1) is 16.0. The van der Waals surface area contributed by atoms with Gasteiger partial charge in [-0.3, -0.25) is 4.79 Å². The number of likely N-dealkylation sites (tertiary alicyclic amines) is 1. The summed E-state index contributed by atoms with van der Waals surface area (Å²) in [6, 6.07) is 8.18. The van der Waals surface area contributed by atoms with Crippen molar-refractivity contribution < 1.29 is 9.53 Å². The predicted octanol–water partition coefficient (Wildman–Crippen LogP) is 4.05. The number of fused-ring (bicyclic) bond motifs is 1. The lowest BCUT2D eigenvalue weighted by molar-refractivity contribution is -0.135. The zero-order valence-corrected chi connectivity index (χ0v) is 14.7. The van der Waals surface area contributed by atoms with E-state index in [0.717, 1.165) is 43.7 Å². The quantitative estimate of drug-likeness (QED) is 0.835. The summed E-state index contributed by atoms with van der Waals surface area (Å²) in [6.07, 6.45) is 7.53. The summed E-state index contributed by atoms with van der Waals surface area (Å²) in [5.74, 6) is 3.71. The molecule has 1 amide bonds. The SMILES string of the molecule is Cc1ccccc1OC[C@@H]1CCCN(C(=O)C2[C@H]3CCCC[C@@H]23)C1. The van der Waals surface area contributed by atoms with E-state index in [0.29, 0.717) is 17.7 Å². The topological polar surface area (TPSA) is 29.5 Å². The Morgan fingerprint density at radius 2 is 1.88 bits per heavy atom. The summed E-state index contributed by atoms with van der Waals surface area (Å²) in [4.78, 5) is 15.0. The van der Waals surface area contributed by atoms with Crippen molar-refractivity contribution in [2.24, 2.45) is 23.7 Å². The highest BCUT2D eigenvalue weighted by molar-refractivity contribution is 5.82. The van der Waals surface area contributed by atoms with E-state index in [4.69, 9.17) is 4.74 Å². The molecule has 1 aromatic carbocycles. The number of ether oxygens (including phenoxy) is 1. The molecule has 3 aliphatic rings. The number of rotatable bonds is 4. The average molecular weight is 327 g/mol. The third kappa shape index (κ3) is 3.18. The van der Waals surface area contributed by atoms with Gasteiger partial charge in [0, 0.05) is 24.9 Å². The molecule has 1 saturated heterocycles. The van der Waals surface area contributed by atoms with Crippen LogP contribution in [0.15, 0.2) is 24.3 Å². The molecule has 4 atom stereocenters. The zero-order chi connectivity index (χ0) is 16.5. The Balaban J connectivity index is 1.31. The number of hydrogen-bond acceptors (Lipinski definition) is 2. The summed E-state index contributed by atoms with van der Waals surface area (Å²) in [5, 5.41) is 0. The first-order chi connectivity index (χ1) is 11.7. The van der Waals surface area contributed by atoms with E-state index >= 15 is 0 Å². The monoisotopic (exact) mass is 327 g/mol. The molecule has 3 nitrogen and oxygen atoms in total. The molecular weight excluding hydrogens is 298 g/mol. The summed E-state index contributed by atoms with van der Waals surface area (Å²) < 4.78 is 6.04. The van der Waals surface area contributed by atoms with Crippen LogP contribution in [0.2, 0.25) is 0 Å². The molecule has 3 heteroatoms. The Morgan fingerprint density at radius 3 is 2.62 bits per heavy atom. The van der Waals surface area contributed by atoms with Gasteiger partial charge in [-0.25, -0.2) is 0 Å². The smallest absolute Gasteiger partial charge is 0.226 e.